The van der Waals surface area contributed by atoms with E-state index in [4.69, 9.17) is 0 Å². The first-order chi connectivity index (χ1) is 13.0. The summed E-state index contributed by atoms with van der Waals surface area (Å²) in [6.07, 6.45) is 3.48. The number of hydrogen-bond donors (Lipinski definition) is 1. The van der Waals surface area contributed by atoms with Crippen LogP contribution in [0.3, 0.4) is 0 Å². The molecule has 0 fully saturated rings. The molecule has 0 saturated carbocycles. The first kappa shape index (κ1) is 18.2. The molecule has 138 valence electrons. The molecular weight excluding hydrogens is 356 g/mol. The molecule has 8 heteroatoms. The highest BCUT2D eigenvalue weighted by atomic mass is 19.3. The number of ether oxygens (including phenoxy) is 1. The highest BCUT2D eigenvalue weighted by molar-refractivity contribution is 5.63. The van der Waals surface area contributed by atoms with Crippen LogP contribution in [0.15, 0.2) is 67.0 Å². The molecule has 1 heterocycles. The minimum Gasteiger partial charge on any atom is -0.427 e. The van der Waals surface area contributed by atoms with Gasteiger partial charge in [0.05, 0.1) is 4.92 Å². The van der Waals surface area contributed by atoms with Crippen molar-refractivity contribution in [2.45, 2.75) is 13.2 Å². The topological polar surface area (TPSA) is 77.3 Å². The van der Waals surface area contributed by atoms with Gasteiger partial charge in [-0.05, 0) is 28.8 Å². The van der Waals surface area contributed by atoms with E-state index in [0.717, 1.165) is 22.8 Å². The number of nitrogens with zero attached hydrogens (tertiary/aromatic N) is 2. The summed E-state index contributed by atoms with van der Waals surface area (Å²) in [5, 5.41) is 13.9. The Labute approximate surface area is 153 Å². The summed E-state index contributed by atoms with van der Waals surface area (Å²) in [4.78, 5) is 14.2. The summed E-state index contributed by atoms with van der Waals surface area (Å²) in [6, 6.07) is 15.3. The lowest BCUT2D eigenvalue weighted by Gasteiger charge is -2.10. The predicted molar refractivity (Wildman–Crippen MR) is 96.7 cm³/mol. The van der Waals surface area contributed by atoms with E-state index in [9.17, 15) is 18.9 Å². The van der Waals surface area contributed by atoms with Gasteiger partial charge >= 0.3 is 12.3 Å². The monoisotopic (exact) mass is 371 g/mol. The van der Waals surface area contributed by atoms with Crippen LogP contribution < -0.4 is 10.1 Å². The summed E-state index contributed by atoms with van der Waals surface area (Å²) >= 11 is 0. The molecule has 0 atom stereocenters. The molecule has 3 aromatic rings. The molecule has 1 aromatic heterocycles. The number of hydrogen-bond acceptors (Lipinski definition) is 5. The number of aromatic nitrogens is 1. The first-order valence-corrected chi connectivity index (χ1v) is 7.99. The second-order valence-corrected chi connectivity index (χ2v) is 5.61. The number of anilines is 1. The number of nitro benzene ring substituents is 1. The van der Waals surface area contributed by atoms with Crippen LogP contribution >= 0.6 is 0 Å². The number of nitro groups is 1. The summed E-state index contributed by atoms with van der Waals surface area (Å²) in [7, 11) is 0. The minimum atomic E-state index is -3.14. The summed E-state index contributed by atoms with van der Waals surface area (Å²) in [6.45, 7) is -2.72. The maximum absolute atomic E-state index is 12.5. The molecule has 2 aromatic carbocycles. The Morgan fingerprint density at radius 2 is 1.89 bits per heavy atom. The van der Waals surface area contributed by atoms with E-state index in [2.05, 4.69) is 15.0 Å². The van der Waals surface area contributed by atoms with Crippen LogP contribution in [0.25, 0.3) is 11.1 Å². The van der Waals surface area contributed by atoms with Gasteiger partial charge < -0.3 is 10.1 Å². The third kappa shape index (κ3) is 4.75. The van der Waals surface area contributed by atoms with Crippen LogP contribution in [0.4, 0.5) is 20.2 Å². The zero-order valence-corrected chi connectivity index (χ0v) is 14.0. The van der Waals surface area contributed by atoms with E-state index < -0.39 is 23.0 Å². The van der Waals surface area contributed by atoms with Crippen molar-refractivity contribution in [2.75, 3.05) is 5.32 Å². The van der Waals surface area contributed by atoms with Gasteiger partial charge in [0.25, 0.3) is 0 Å². The second-order valence-electron chi connectivity index (χ2n) is 5.61. The quantitative estimate of drug-likeness (QED) is 0.474. The lowest BCUT2D eigenvalue weighted by Crippen LogP contribution is -2.06. The van der Waals surface area contributed by atoms with Crippen molar-refractivity contribution in [1.82, 2.24) is 4.98 Å². The molecule has 0 aliphatic carbocycles. The molecule has 6 nitrogen and oxygen atoms in total. The van der Waals surface area contributed by atoms with Crippen LogP contribution in [-0.4, -0.2) is 16.5 Å². The summed E-state index contributed by atoms with van der Waals surface area (Å²) < 4.78 is 29.2. The molecule has 0 saturated heterocycles. The normalized spacial score (nSPS) is 10.6. The van der Waals surface area contributed by atoms with Gasteiger partial charge in [-0.3, -0.25) is 15.1 Å². The van der Waals surface area contributed by atoms with Crippen molar-refractivity contribution >= 4 is 11.4 Å². The third-order valence-corrected chi connectivity index (χ3v) is 3.82. The van der Waals surface area contributed by atoms with Crippen molar-refractivity contribution < 1.29 is 18.4 Å². The van der Waals surface area contributed by atoms with Gasteiger partial charge in [-0.25, -0.2) is 0 Å². The van der Waals surface area contributed by atoms with E-state index in [1.165, 1.54) is 12.1 Å². The van der Waals surface area contributed by atoms with Crippen LogP contribution in [0.2, 0.25) is 0 Å². The van der Waals surface area contributed by atoms with E-state index in [1.807, 2.05) is 36.4 Å². The van der Waals surface area contributed by atoms with E-state index in [1.54, 1.807) is 12.4 Å². The Kier molecular flexibility index (Phi) is 5.55. The largest absolute Gasteiger partial charge is 0.427 e. The van der Waals surface area contributed by atoms with Crippen LogP contribution in [-0.2, 0) is 6.54 Å². The fourth-order valence-corrected chi connectivity index (χ4v) is 2.52. The lowest BCUT2D eigenvalue weighted by atomic mass is 10.1. The highest BCUT2D eigenvalue weighted by Crippen LogP contribution is 2.31. The molecule has 0 radical (unpaired) electrons. The van der Waals surface area contributed by atoms with E-state index >= 15 is 0 Å². The smallest absolute Gasteiger partial charge is 0.387 e. The predicted octanol–water partition coefficient (Wildman–Crippen LogP) is 4.87. The molecule has 0 spiro atoms. The van der Waals surface area contributed by atoms with Gasteiger partial charge in [0.15, 0.2) is 0 Å². The molecule has 27 heavy (non-hydrogen) atoms. The van der Waals surface area contributed by atoms with Gasteiger partial charge in [-0.1, -0.05) is 30.3 Å². The molecule has 3 rings (SSSR count). The third-order valence-electron chi connectivity index (χ3n) is 3.82. The van der Waals surface area contributed by atoms with E-state index in [0.29, 0.717) is 12.2 Å². The Balaban J connectivity index is 1.70. The van der Waals surface area contributed by atoms with Crippen molar-refractivity contribution in [1.29, 1.82) is 0 Å². The second kappa shape index (κ2) is 8.22. The Hall–Kier alpha value is -3.55. The van der Waals surface area contributed by atoms with Gasteiger partial charge in [0.2, 0.25) is 5.75 Å². The summed E-state index contributed by atoms with van der Waals surface area (Å²) in [5.41, 5.74) is 2.91. The fourth-order valence-electron chi connectivity index (χ4n) is 2.52. The number of nitrogens with one attached hydrogen (secondary N) is 1. The maximum atomic E-state index is 12.5. The molecule has 0 aliphatic heterocycles. The van der Waals surface area contributed by atoms with Crippen LogP contribution in [0.1, 0.15) is 5.56 Å². The van der Waals surface area contributed by atoms with Gasteiger partial charge in [-0.15, -0.1) is 0 Å². The Bertz CT molecular complexity index is 919. The van der Waals surface area contributed by atoms with Crippen molar-refractivity contribution in [3.05, 3.63) is 82.7 Å². The zero-order valence-electron chi connectivity index (χ0n) is 14.0. The van der Waals surface area contributed by atoms with Crippen LogP contribution in [0, 0.1) is 10.1 Å². The maximum Gasteiger partial charge on any atom is 0.387 e. The number of pyridine rings is 1. The number of alkyl halides is 2. The average Bonchev–Trinajstić information content (AvgIpc) is 2.67. The highest BCUT2D eigenvalue weighted by Gasteiger charge is 2.19. The van der Waals surface area contributed by atoms with Gasteiger partial charge in [0, 0.05) is 36.8 Å². The summed E-state index contributed by atoms with van der Waals surface area (Å²) in [5.74, 6) is -0.480. The number of benzene rings is 2. The number of halogens is 2. The van der Waals surface area contributed by atoms with Gasteiger partial charge in [0.1, 0.15) is 0 Å². The van der Waals surface area contributed by atoms with Crippen molar-refractivity contribution in [3.63, 3.8) is 0 Å². The first-order valence-electron chi connectivity index (χ1n) is 7.99. The zero-order chi connectivity index (χ0) is 19.2. The molecule has 1 N–H and O–H groups in total. The van der Waals surface area contributed by atoms with Crippen molar-refractivity contribution in [2.24, 2.45) is 0 Å². The van der Waals surface area contributed by atoms with E-state index in [-0.39, 0.29) is 0 Å². The minimum absolute atomic E-state index is 0.416. The van der Waals surface area contributed by atoms with Gasteiger partial charge in [-0.2, -0.15) is 8.78 Å². The molecule has 0 unspecified atom stereocenters. The average molecular weight is 371 g/mol. The number of rotatable bonds is 7. The van der Waals surface area contributed by atoms with Crippen LogP contribution in [0.5, 0.6) is 5.75 Å². The molecule has 0 amide bonds. The molecule has 0 bridgehead atoms. The molecule has 0 aliphatic rings. The molecular formula is C19H15F2N3O3. The SMILES string of the molecule is O=[N+]([O-])c1ccc(NCc2ccc(-c3cccnc3)cc2)cc1OC(F)F. The Morgan fingerprint density at radius 3 is 2.52 bits per heavy atom. The van der Waals surface area contributed by atoms with Crippen molar-refractivity contribution in [3.8, 4) is 16.9 Å². The fraction of sp³-hybridized carbons (Fsp3) is 0.105. The Morgan fingerprint density at radius 1 is 1.11 bits per heavy atom. The lowest BCUT2D eigenvalue weighted by molar-refractivity contribution is -0.386. The standard InChI is InChI=1S/C19H15F2N3O3/c20-19(21)27-18-10-16(7-8-17(18)24(25)26)23-11-13-3-5-14(6-4-13)15-2-1-9-22-12-15/h1-10,12,19,23H,11H2.